The number of hydrogen-bond acceptors (Lipinski definition) is 2. The van der Waals surface area contributed by atoms with Crippen LogP contribution >= 0.6 is 27.7 Å². The smallest absolute Gasteiger partial charge is 0.0216 e. The van der Waals surface area contributed by atoms with Crippen molar-refractivity contribution >= 4 is 27.7 Å². The average Bonchev–Trinajstić information content (AvgIpc) is 2.40. The fourth-order valence-electron chi connectivity index (χ4n) is 1.64. The van der Waals surface area contributed by atoms with Crippen LogP contribution in [0.3, 0.4) is 0 Å². The van der Waals surface area contributed by atoms with Gasteiger partial charge in [-0.2, -0.15) is 0 Å². The molecule has 0 radical (unpaired) electrons. The van der Waals surface area contributed by atoms with Crippen LogP contribution < -0.4 is 5.32 Å². The minimum atomic E-state index is 0.927. The molecular formula is C15H16BrNS. The zero-order valence-corrected chi connectivity index (χ0v) is 12.7. The summed E-state index contributed by atoms with van der Waals surface area (Å²) in [5.41, 5.74) is 1.35. The van der Waals surface area contributed by atoms with Crippen LogP contribution in [0.1, 0.15) is 12.5 Å². The highest BCUT2D eigenvalue weighted by Crippen LogP contribution is 2.31. The van der Waals surface area contributed by atoms with Crippen LogP contribution in [0.25, 0.3) is 0 Å². The van der Waals surface area contributed by atoms with Crippen LogP contribution in [0.15, 0.2) is 62.8 Å². The quantitative estimate of drug-likeness (QED) is 0.855. The van der Waals surface area contributed by atoms with Gasteiger partial charge < -0.3 is 5.32 Å². The molecule has 2 aromatic rings. The topological polar surface area (TPSA) is 12.0 Å². The lowest BCUT2D eigenvalue weighted by atomic mass is 10.2. The van der Waals surface area contributed by atoms with Gasteiger partial charge in [0.1, 0.15) is 0 Å². The standard InChI is InChI=1S/C15H16BrNS/c1-2-17-11-12-5-3-4-6-15(12)18-14-9-7-13(16)8-10-14/h3-10,17H,2,11H2,1H3. The van der Waals surface area contributed by atoms with Crippen molar-refractivity contribution in [2.45, 2.75) is 23.3 Å². The van der Waals surface area contributed by atoms with Crippen molar-refractivity contribution in [2.24, 2.45) is 0 Å². The van der Waals surface area contributed by atoms with Gasteiger partial charge in [0, 0.05) is 20.8 Å². The van der Waals surface area contributed by atoms with E-state index in [1.165, 1.54) is 15.4 Å². The Morgan fingerprint density at radius 3 is 2.50 bits per heavy atom. The first-order chi connectivity index (χ1) is 8.79. The van der Waals surface area contributed by atoms with Gasteiger partial charge >= 0.3 is 0 Å². The maximum Gasteiger partial charge on any atom is 0.0216 e. The maximum absolute atomic E-state index is 3.46. The van der Waals surface area contributed by atoms with Gasteiger partial charge in [-0.15, -0.1) is 0 Å². The molecule has 0 saturated heterocycles. The maximum atomic E-state index is 3.46. The summed E-state index contributed by atoms with van der Waals surface area (Å²) < 4.78 is 1.12. The van der Waals surface area contributed by atoms with Gasteiger partial charge in [0.25, 0.3) is 0 Å². The van der Waals surface area contributed by atoms with Crippen LogP contribution in [0.4, 0.5) is 0 Å². The first-order valence-electron chi connectivity index (χ1n) is 6.01. The van der Waals surface area contributed by atoms with Crippen molar-refractivity contribution in [2.75, 3.05) is 6.54 Å². The Morgan fingerprint density at radius 2 is 1.78 bits per heavy atom. The summed E-state index contributed by atoms with van der Waals surface area (Å²) in [7, 11) is 0. The highest BCUT2D eigenvalue weighted by Gasteiger charge is 2.03. The molecule has 0 aliphatic rings. The van der Waals surface area contributed by atoms with E-state index in [0.717, 1.165) is 17.6 Å². The largest absolute Gasteiger partial charge is 0.313 e. The molecule has 0 heterocycles. The molecule has 0 spiro atoms. The first-order valence-corrected chi connectivity index (χ1v) is 7.62. The molecule has 0 fully saturated rings. The Labute approximate surface area is 121 Å². The molecule has 1 N–H and O–H groups in total. The number of hydrogen-bond donors (Lipinski definition) is 1. The van der Waals surface area contributed by atoms with Crippen molar-refractivity contribution in [3.63, 3.8) is 0 Å². The van der Waals surface area contributed by atoms with Gasteiger partial charge in [-0.3, -0.25) is 0 Å². The van der Waals surface area contributed by atoms with Crippen molar-refractivity contribution < 1.29 is 0 Å². The molecule has 2 rings (SSSR count). The van der Waals surface area contributed by atoms with Crippen molar-refractivity contribution in [3.8, 4) is 0 Å². The Morgan fingerprint density at radius 1 is 1.06 bits per heavy atom. The summed E-state index contributed by atoms with van der Waals surface area (Å²) in [4.78, 5) is 2.59. The van der Waals surface area contributed by atoms with Crippen LogP contribution in [0, 0.1) is 0 Å². The normalized spacial score (nSPS) is 10.6. The van der Waals surface area contributed by atoms with E-state index < -0.39 is 0 Å². The molecule has 0 aromatic heterocycles. The summed E-state index contributed by atoms with van der Waals surface area (Å²) >= 11 is 5.27. The zero-order valence-electron chi connectivity index (χ0n) is 10.3. The number of halogens is 1. The second-order valence-corrected chi connectivity index (χ2v) is 5.98. The van der Waals surface area contributed by atoms with E-state index in [-0.39, 0.29) is 0 Å². The molecule has 0 unspecified atom stereocenters. The van der Waals surface area contributed by atoms with E-state index in [0.29, 0.717) is 0 Å². The molecule has 18 heavy (non-hydrogen) atoms. The molecular weight excluding hydrogens is 306 g/mol. The van der Waals surface area contributed by atoms with Crippen molar-refractivity contribution in [1.82, 2.24) is 5.32 Å². The third-order valence-corrected chi connectivity index (χ3v) is 4.23. The average molecular weight is 322 g/mol. The zero-order chi connectivity index (χ0) is 12.8. The lowest BCUT2D eigenvalue weighted by Gasteiger charge is -2.09. The van der Waals surface area contributed by atoms with Gasteiger partial charge in [0.15, 0.2) is 0 Å². The Balaban J connectivity index is 2.15. The fraction of sp³-hybridized carbons (Fsp3) is 0.200. The predicted molar refractivity (Wildman–Crippen MR) is 82.1 cm³/mol. The SMILES string of the molecule is CCNCc1ccccc1Sc1ccc(Br)cc1. The highest BCUT2D eigenvalue weighted by atomic mass is 79.9. The van der Waals surface area contributed by atoms with Gasteiger partial charge in [-0.1, -0.05) is 52.8 Å². The monoisotopic (exact) mass is 321 g/mol. The summed E-state index contributed by atoms with van der Waals surface area (Å²) in [6.45, 7) is 4.05. The fourth-order valence-corrected chi connectivity index (χ4v) is 2.85. The molecule has 0 amide bonds. The molecule has 2 aromatic carbocycles. The predicted octanol–water partition coefficient (Wildman–Crippen LogP) is 4.71. The molecule has 0 bridgehead atoms. The lowest BCUT2D eigenvalue weighted by Crippen LogP contribution is -2.12. The first kappa shape index (κ1) is 13.7. The molecule has 0 atom stereocenters. The van der Waals surface area contributed by atoms with E-state index >= 15 is 0 Å². The van der Waals surface area contributed by atoms with Gasteiger partial charge in [0.2, 0.25) is 0 Å². The summed E-state index contributed by atoms with van der Waals surface area (Å²) in [5.74, 6) is 0. The van der Waals surface area contributed by atoms with E-state index in [1.807, 2.05) is 11.8 Å². The summed E-state index contributed by atoms with van der Waals surface area (Å²) in [6, 6.07) is 17.0. The number of rotatable bonds is 5. The van der Waals surface area contributed by atoms with Crippen molar-refractivity contribution in [1.29, 1.82) is 0 Å². The third kappa shape index (κ3) is 3.87. The molecule has 3 heteroatoms. The van der Waals surface area contributed by atoms with Crippen LogP contribution in [0.2, 0.25) is 0 Å². The van der Waals surface area contributed by atoms with Crippen LogP contribution in [0.5, 0.6) is 0 Å². The van der Waals surface area contributed by atoms with E-state index in [9.17, 15) is 0 Å². The lowest BCUT2D eigenvalue weighted by molar-refractivity contribution is 0.718. The summed E-state index contributed by atoms with van der Waals surface area (Å²) in [5, 5.41) is 3.38. The second kappa shape index (κ2) is 6.98. The molecule has 1 nitrogen and oxygen atoms in total. The van der Waals surface area contributed by atoms with E-state index in [4.69, 9.17) is 0 Å². The molecule has 0 aliphatic heterocycles. The summed E-state index contributed by atoms with van der Waals surface area (Å²) in [6.07, 6.45) is 0. The van der Waals surface area contributed by atoms with Gasteiger partial charge in [0.05, 0.1) is 0 Å². The van der Waals surface area contributed by atoms with Crippen LogP contribution in [-0.4, -0.2) is 6.54 Å². The minimum Gasteiger partial charge on any atom is -0.313 e. The highest BCUT2D eigenvalue weighted by molar-refractivity contribution is 9.10. The number of nitrogens with one attached hydrogen (secondary N) is 1. The Bertz CT molecular complexity index is 496. The Kier molecular flexibility index (Phi) is 5.29. The second-order valence-electron chi connectivity index (χ2n) is 3.94. The molecule has 0 saturated carbocycles. The van der Waals surface area contributed by atoms with Crippen molar-refractivity contribution in [3.05, 3.63) is 58.6 Å². The Hall–Kier alpha value is -0.770. The van der Waals surface area contributed by atoms with E-state index in [2.05, 4.69) is 76.7 Å². The number of benzene rings is 2. The van der Waals surface area contributed by atoms with Gasteiger partial charge in [-0.05, 0) is 42.4 Å². The van der Waals surface area contributed by atoms with E-state index in [1.54, 1.807) is 0 Å². The minimum absolute atomic E-state index is 0.927. The molecule has 94 valence electrons. The van der Waals surface area contributed by atoms with Crippen LogP contribution in [-0.2, 0) is 6.54 Å². The molecule has 0 aliphatic carbocycles. The van der Waals surface area contributed by atoms with Gasteiger partial charge in [-0.25, -0.2) is 0 Å². The third-order valence-electron chi connectivity index (χ3n) is 2.58.